The van der Waals surface area contributed by atoms with Crippen LogP contribution in [-0.4, -0.2) is 23.9 Å². The number of benzene rings is 1. The average molecular weight is 264 g/mol. The number of carbonyl (C=O) groups excluding carboxylic acids is 1. The van der Waals surface area contributed by atoms with E-state index < -0.39 is 0 Å². The second kappa shape index (κ2) is 6.05. The van der Waals surface area contributed by atoms with Gasteiger partial charge in [0.2, 0.25) is 5.91 Å². The predicted molar refractivity (Wildman–Crippen MR) is 75.5 cm³/mol. The van der Waals surface area contributed by atoms with Gasteiger partial charge in [-0.25, -0.2) is 0 Å². The van der Waals surface area contributed by atoms with E-state index >= 15 is 0 Å². The summed E-state index contributed by atoms with van der Waals surface area (Å²) in [5, 5.41) is 0.712. The molecule has 18 heavy (non-hydrogen) atoms. The van der Waals surface area contributed by atoms with Gasteiger partial charge in [0.1, 0.15) is 0 Å². The zero-order chi connectivity index (χ0) is 13.0. The van der Waals surface area contributed by atoms with Crippen LogP contribution in [0.15, 0.2) is 30.3 Å². The lowest BCUT2D eigenvalue weighted by Gasteiger charge is -2.29. The highest BCUT2D eigenvalue weighted by Gasteiger charge is 2.18. The van der Waals surface area contributed by atoms with Crippen LogP contribution in [-0.2, 0) is 4.79 Å². The molecule has 0 spiro atoms. The van der Waals surface area contributed by atoms with Crippen LogP contribution in [0.2, 0.25) is 5.02 Å². The van der Waals surface area contributed by atoms with E-state index in [1.807, 2.05) is 35.2 Å². The summed E-state index contributed by atoms with van der Waals surface area (Å²) in [6, 6.07) is 7.47. The number of likely N-dealkylation sites (tertiary alicyclic amines) is 1. The van der Waals surface area contributed by atoms with Crippen molar-refractivity contribution < 1.29 is 4.79 Å². The summed E-state index contributed by atoms with van der Waals surface area (Å²) in [6.07, 6.45) is 5.72. The first-order valence-electron chi connectivity index (χ1n) is 6.38. The highest BCUT2D eigenvalue weighted by Crippen LogP contribution is 2.16. The summed E-state index contributed by atoms with van der Waals surface area (Å²) in [4.78, 5) is 13.9. The molecular formula is C15H18ClNO. The summed E-state index contributed by atoms with van der Waals surface area (Å²) >= 11 is 5.81. The van der Waals surface area contributed by atoms with Gasteiger partial charge in [0.25, 0.3) is 0 Å². The Kier molecular flexibility index (Phi) is 4.43. The number of hydrogen-bond donors (Lipinski definition) is 0. The first-order valence-corrected chi connectivity index (χ1v) is 6.75. The SMILES string of the molecule is CC1CCN(C(=O)/C=C/c2ccc(Cl)cc2)CC1. The van der Waals surface area contributed by atoms with Crippen molar-refractivity contribution in [2.45, 2.75) is 19.8 Å². The molecule has 0 radical (unpaired) electrons. The van der Waals surface area contributed by atoms with E-state index in [1.54, 1.807) is 6.08 Å². The fourth-order valence-electron chi connectivity index (χ4n) is 2.08. The molecule has 0 N–H and O–H groups in total. The maximum atomic E-state index is 12.0. The molecule has 1 amide bonds. The zero-order valence-electron chi connectivity index (χ0n) is 10.6. The van der Waals surface area contributed by atoms with Crippen LogP contribution in [0.3, 0.4) is 0 Å². The molecule has 0 aliphatic carbocycles. The number of piperidine rings is 1. The summed E-state index contributed by atoms with van der Waals surface area (Å²) in [6.45, 7) is 4.00. The molecule has 1 saturated heterocycles. The van der Waals surface area contributed by atoms with Gasteiger partial charge in [-0.05, 0) is 42.5 Å². The topological polar surface area (TPSA) is 20.3 Å². The van der Waals surface area contributed by atoms with Crippen LogP contribution in [0.25, 0.3) is 6.08 Å². The van der Waals surface area contributed by atoms with E-state index in [0.717, 1.165) is 37.4 Å². The van der Waals surface area contributed by atoms with Crippen LogP contribution in [0.1, 0.15) is 25.3 Å². The van der Waals surface area contributed by atoms with E-state index in [4.69, 9.17) is 11.6 Å². The van der Waals surface area contributed by atoms with Gasteiger partial charge in [-0.2, -0.15) is 0 Å². The van der Waals surface area contributed by atoms with Crippen molar-refractivity contribution in [2.24, 2.45) is 5.92 Å². The van der Waals surface area contributed by atoms with Crippen LogP contribution >= 0.6 is 11.6 Å². The van der Waals surface area contributed by atoms with E-state index in [2.05, 4.69) is 6.92 Å². The third kappa shape index (κ3) is 3.61. The third-order valence-electron chi connectivity index (χ3n) is 3.38. The molecular weight excluding hydrogens is 246 g/mol. The number of amides is 1. The van der Waals surface area contributed by atoms with Crippen molar-refractivity contribution in [3.05, 3.63) is 40.9 Å². The number of nitrogens with zero attached hydrogens (tertiary/aromatic N) is 1. The Morgan fingerprint density at radius 1 is 1.28 bits per heavy atom. The van der Waals surface area contributed by atoms with Crippen molar-refractivity contribution in [1.82, 2.24) is 4.90 Å². The van der Waals surface area contributed by atoms with Gasteiger partial charge in [0, 0.05) is 24.2 Å². The van der Waals surface area contributed by atoms with Gasteiger partial charge in [-0.1, -0.05) is 30.7 Å². The van der Waals surface area contributed by atoms with E-state index in [-0.39, 0.29) is 5.91 Å². The summed E-state index contributed by atoms with van der Waals surface area (Å²) in [5.41, 5.74) is 0.998. The molecule has 0 saturated carbocycles. The minimum absolute atomic E-state index is 0.108. The van der Waals surface area contributed by atoms with E-state index in [9.17, 15) is 4.79 Å². The Hall–Kier alpha value is -1.28. The van der Waals surface area contributed by atoms with Gasteiger partial charge in [0.05, 0.1) is 0 Å². The first-order chi connectivity index (χ1) is 8.65. The Balaban J connectivity index is 1.92. The number of halogens is 1. The number of carbonyl (C=O) groups is 1. The first kappa shape index (κ1) is 13.2. The summed E-state index contributed by atoms with van der Waals surface area (Å²) in [7, 11) is 0. The van der Waals surface area contributed by atoms with Crippen molar-refractivity contribution in [2.75, 3.05) is 13.1 Å². The normalized spacial score (nSPS) is 17.3. The van der Waals surface area contributed by atoms with Crippen molar-refractivity contribution in [3.63, 3.8) is 0 Å². The van der Waals surface area contributed by atoms with Gasteiger partial charge in [-0.15, -0.1) is 0 Å². The van der Waals surface area contributed by atoms with E-state index in [0.29, 0.717) is 5.02 Å². The third-order valence-corrected chi connectivity index (χ3v) is 3.64. The van der Waals surface area contributed by atoms with Crippen LogP contribution in [0.4, 0.5) is 0 Å². The lowest BCUT2D eigenvalue weighted by Crippen LogP contribution is -2.36. The second-order valence-corrected chi connectivity index (χ2v) is 5.33. The van der Waals surface area contributed by atoms with Crippen molar-refractivity contribution in [3.8, 4) is 0 Å². The Morgan fingerprint density at radius 3 is 2.50 bits per heavy atom. The van der Waals surface area contributed by atoms with Crippen LogP contribution in [0, 0.1) is 5.92 Å². The fraction of sp³-hybridized carbons (Fsp3) is 0.400. The molecule has 1 aromatic rings. The Bertz CT molecular complexity index is 430. The molecule has 96 valence electrons. The summed E-state index contributed by atoms with van der Waals surface area (Å²) in [5.74, 6) is 0.853. The van der Waals surface area contributed by atoms with Gasteiger partial charge in [0.15, 0.2) is 0 Å². The second-order valence-electron chi connectivity index (χ2n) is 4.89. The highest BCUT2D eigenvalue weighted by atomic mass is 35.5. The maximum absolute atomic E-state index is 12.0. The Labute approximate surface area is 113 Å². The van der Waals surface area contributed by atoms with Crippen LogP contribution < -0.4 is 0 Å². The molecule has 1 heterocycles. The Morgan fingerprint density at radius 2 is 1.89 bits per heavy atom. The molecule has 0 unspecified atom stereocenters. The molecule has 0 aromatic heterocycles. The average Bonchev–Trinajstić information content (AvgIpc) is 2.38. The van der Waals surface area contributed by atoms with Gasteiger partial charge >= 0.3 is 0 Å². The maximum Gasteiger partial charge on any atom is 0.246 e. The largest absolute Gasteiger partial charge is 0.339 e. The molecule has 1 aliphatic rings. The van der Waals surface area contributed by atoms with E-state index in [1.165, 1.54) is 0 Å². The number of hydrogen-bond acceptors (Lipinski definition) is 1. The smallest absolute Gasteiger partial charge is 0.246 e. The quantitative estimate of drug-likeness (QED) is 0.747. The minimum atomic E-state index is 0.108. The number of rotatable bonds is 2. The molecule has 1 aliphatic heterocycles. The predicted octanol–water partition coefficient (Wildman–Crippen LogP) is 3.61. The van der Waals surface area contributed by atoms with Gasteiger partial charge in [-0.3, -0.25) is 4.79 Å². The fourth-order valence-corrected chi connectivity index (χ4v) is 2.20. The molecule has 2 rings (SSSR count). The molecule has 0 atom stereocenters. The molecule has 2 nitrogen and oxygen atoms in total. The molecule has 1 fully saturated rings. The highest BCUT2D eigenvalue weighted by molar-refractivity contribution is 6.30. The molecule has 3 heteroatoms. The lowest BCUT2D eigenvalue weighted by molar-refractivity contribution is -0.127. The van der Waals surface area contributed by atoms with Gasteiger partial charge < -0.3 is 4.90 Å². The standard InChI is InChI=1S/C15H18ClNO/c1-12-8-10-17(11-9-12)15(18)7-4-13-2-5-14(16)6-3-13/h2-7,12H,8-11H2,1H3/b7-4+. The van der Waals surface area contributed by atoms with Crippen molar-refractivity contribution in [1.29, 1.82) is 0 Å². The van der Waals surface area contributed by atoms with Crippen molar-refractivity contribution >= 4 is 23.6 Å². The van der Waals surface area contributed by atoms with Crippen LogP contribution in [0.5, 0.6) is 0 Å². The minimum Gasteiger partial charge on any atom is -0.339 e. The monoisotopic (exact) mass is 263 g/mol. The molecule has 0 bridgehead atoms. The molecule has 1 aromatic carbocycles. The summed E-state index contributed by atoms with van der Waals surface area (Å²) < 4.78 is 0. The zero-order valence-corrected chi connectivity index (χ0v) is 11.4. The lowest BCUT2D eigenvalue weighted by atomic mass is 9.99.